The summed E-state index contributed by atoms with van der Waals surface area (Å²) in [5, 5.41) is 13.2. The van der Waals surface area contributed by atoms with Crippen molar-refractivity contribution in [2.75, 3.05) is 13.1 Å². The number of aromatic carboxylic acids is 1. The van der Waals surface area contributed by atoms with Crippen LogP contribution in [-0.2, 0) is 22.3 Å². The van der Waals surface area contributed by atoms with Gasteiger partial charge < -0.3 is 19.5 Å². The fraction of sp³-hybridized carbons (Fsp3) is 0.476. The van der Waals surface area contributed by atoms with Crippen LogP contribution in [0, 0.1) is 0 Å². The third-order valence-electron chi connectivity index (χ3n) is 4.80. The predicted molar refractivity (Wildman–Crippen MR) is 106 cm³/mol. The van der Waals surface area contributed by atoms with Gasteiger partial charge in [-0.3, -0.25) is 4.68 Å². The Morgan fingerprint density at radius 3 is 2.31 bits per heavy atom. The maximum Gasteiger partial charge on any atom is 0.416 e. The number of rotatable bonds is 5. The number of nitrogens with zero attached hydrogens (tertiary/aromatic N) is 3. The summed E-state index contributed by atoms with van der Waals surface area (Å²) in [5.74, 6) is -1.19. The molecule has 3 rings (SSSR count). The molecule has 0 spiro atoms. The van der Waals surface area contributed by atoms with Crippen LogP contribution >= 0.6 is 0 Å². The van der Waals surface area contributed by atoms with Gasteiger partial charge in [-0.1, -0.05) is 12.1 Å². The van der Waals surface area contributed by atoms with E-state index in [4.69, 9.17) is 14.6 Å². The summed E-state index contributed by atoms with van der Waals surface area (Å²) >= 11 is 0. The molecular formula is C21H24F3N3O5. The van der Waals surface area contributed by atoms with E-state index in [1.807, 2.05) is 0 Å². The third kappa shape index (κ3) is 5.78. The Balaban J connectivity index is 1.75. The second-order valence-electron chi connectivity index (χ2n) is 8.48. The Morgan fingerprint density at radius 1 is 1.12 bits per heavy atom. The number of carboxylic acid groups (broad SMARTS) is 1. The summed E-state index contributed by atoms with van der Waals surface area (Å²) in [6.07, 6.45) is -4.06. The zero-order valence-corrected chi connectivity index (χ0v) is 17.8. The number of halogens is 3. The molecule has 1 saturated heterocycles. The number of likely N-dealkylation sites (tertiary alicyclic amines) is 1. The van der Waals surface area contributed by atoms with Crippen molar-refractivity contribution in [1.29, 1.82) is 0 Å². The maximum atomic E-state index is 12.8. The van der Waals surface area contributed by atoms with E-state index in [1.165, 1.54) is 34.0 Å². The van der Waals surface area contributed by atoms with Gasteiger partial charge in [0.2, 0.25) is 0 Å². The van der Waals surface area contributed by atoms with Crippen molar-refractivity contribution in [3.05, 3.63) is 53.3 Å². The number of hydrogen-bond donors (Lipinski definition) is 1. The molecule has 11 heteroatoms. The van der Waals surface area contributed by atoms with Crippen LogP contribution in [0.25, 0.3) is 0 Å². The molecule has 1 fully saturated rings. The van der Waals surface area contributed by atoms with Crippen LogP contribution < -0.4 is 0 Å². The van der Waals surface area contributed by atoms with Gasteiger partial charge in [-0.05, 0) is 44.5 Å². The van der Waals surface area contributed by atoms with Gasteiger partial charge in [0.05, 0.1) is 30.9 Å². The number of benzene rings is 1. The van der Waals surface area contributed by atoms with Crippen molar-refractivity contribution in [3.63, 3.8) is 0 Å². The van der Waals surface area contributed by atoms with Crippen molar-refractivity contribution in [2.45, 2.75) is 51.3 Å². The van der Waals surface area contributed by atoms with Gasteiger partial charge in [-0.25, -0.2) is 9.59 Å². The first-order valence-corrected chi connectivity index (χ1v) is 9.87. The third-order valence-corrected chi connectivity index (χ3v) is 4.80. The lowest BCUT2D eigenvalue weighted by atomic mass is 10.1. The van der Waals surface area contributed by atoms with E-state index in [0.29, 0.717) is 5.56 Å². The van der Waals surface area contributed by atoms with Crippen LogP contribution in [0.1, 0.15) is 48.4 Å². The molecule has 0 bridgehead atoms. The Bertz CT molecular complexity index is 966. The zero-order chi connectivity index (χ0) is 23.7. The fourth-order valence-corrected chi connectivity index (χ4v) is 3.28. The van der Waals surface area contributed by atoms with Gasteiger partial charge in [-0.2, -0.15) is 18.3 Å². The first-order chi connectivity index (χ1) is 14.8. The number of hydrogen-bond acceptors (Lipinski definition) is 5. The van der Waals surface area contributed by atoms with E-state index in [2.05, 4.69) is 5.10 Å². The molecule has 0 radical (unpaired) electrons. The average Bonchev–Trinajstić information content (AvgIpc) is 3.32. The van der Waals surface area contributed by atoms with Gasteiger partial charge >= 0.3 is 18.2 Å². The molecule has 2 aromatic rings. The lowest BCUT2D eigenvalue weighted by molar-refractivity contribution is -0.137. The highest BCUT2D eigenvalue weighted by Crippen LogP contribution is 2.30. The molecule has 1 aliphatic rings. The van der Waals surface area contributed by atoms with Crippen molar-refractivity contribution in [1.82, 2.24) is 14.7 Å². The van der Waals surface area contributed by atoms with E-state index < -0.39 is 41.5 Å². The smallest absolute Gasteiger partial charge is 0.416 e. The van der Waals surface area contributed by atoms with Gasteiger partial charge in [0.25, 0.3) is 0 Å². The number of carbonyl (C=O) groups excluding carboxylic acids is 1. The Hall–Kier alpha value is -3.08. The highest BCUT2D eigenvalue weighted by molar-refractivity contribution is 5.85. The summed E-state index contributed by atoms with van der Waals surface area (Å²) in [7, 11) is 0. The minimum atomic E-state index is -4.42. The Labute approximate surface area is 182 Å². The lowest BCUT2D eigenvalue weighted by Crippen LogP contribution is -2.36. The minimum Gasteiger partial charge on any atom is -0.476 e. The number of carbonyl (C=O) groups is 2. The van der Waals surface area contributed by atoms with E-state index in [1.54, 1.807) is 20.8 Å². The summed E-state index contributed by atoms with van der Waals surface area (Å²) < 4.78 is 51.0. The Kier molecular flexibility index (Phi) is 6.49. The van der Waals surface area contributed by atoms with E-state index in [0.717, 1.165) is 12.1 Å². The minimum absolute atomic E-state index is 0.00845. The highest BCUT2D eigenvalue weighted by Gasteiger charge is 2.39. The van der Waals surface area contributed by atoms with Gasteiger partial charge in [0, 0.05) is 12.7 Å². The molecule has 1 aromatic heterocycles. The van der Waals surface area contributed by atoms with E-state index >= 15 is 0 Å². The monoisotopic (exact) mass is 455 g/mol. The first kappa shape index (κ1) is 23.6. The van der Waals surface area contributed by atoms with Crippen molar-refractivity contribution < 1.29 is 37.3 Å². The molecule has 32 heavy (non-hydrogen) atoms. The maximum absolute atomic E-state index is 12.8. The van der Waals surface area contributed by atoms with E-state index in [9.17, 15) is 22.8 Å². The normalized spacial score (nSPS) is 19.2. The Morgan fingerprint density at radius 2 is 1.78 bits per heavy atom. The number of carboxylic acids is 1. The van der Waals surface area contributed by atoms with Gasteiger partial charge in [0.15, 0.2) is 5.69 Å². The largest absolute Gasteiger partial charge is 0.476 e. The molecule has 2 heterocycles. The first-order valence-electron chi connectivity index (χ1n) is 9.87. The van der Waals surface area contributed by atoms with Crippen LogP contribution in [0.3, 0.4) is 0 Å². The summed E-state index contributed by atoms with van der Waals surface area (Å²) in [5.41, 5.74) is -1.08. The summed E-state index contributed by atoms with van der Waals surface area (Å²) in [6.45, 7) is 5.56. The standard InChI is InChI=1S/C21H24F3N3O5/c1-20(2,3)32-19(30)26-10-16(27-9-8-15(25-27)18(28)29)17(11-26)31-12-13-4-6-14(7-5-13)21(22,23)24/h4-9,16-17H,10-12H2,1-3H3,(H,28,29). The molecule has 0 aliphatic carbocycles. The molecule has 174 valence electrons. The molecule has 2 atom stereocenters. The average molecular weight is 455 g/mol. The molecule has 1 aliphatic heterocycles. The van der Waals surface area contributed by atoms with Crippen molar-refractivity contribution in [2.24, 2.45) is 0 Å². The zero-order valence-electron chi connectivity index (χ0n) is 17.8. The quantitative estimate of drug-likeness (QED) is 0.733. The van der Waals surface area contributed by atoms with Crippen molar-refractivity contribution >= 4 is 12.1 Å². The molecule has 1 N–H and O–H groups in total. The van der Waals surface area contributed by atoms with Crippen LogP contribution in [0.15, 0.2) is 36.5 Å². The SMILES string of the molecule is CC(C)(C)OC(=O)N1CC(OCc2ccc(C(F)(F)F)cc2)C(n2ccc(C(=O)O)n2)C1. The highest BCUT2D eigenvalue weighted by atomic mass is 19.4. The number of ether oxygens (including phenoxy) is 2. The molecule has 1 amide bonds. The molecule has 1 aromatic carbocycles. The predicted octanol–water partition coefficient (Wildman–Crippen LogP) is 3.98. The van der Waals surface area contributed by atoms with Gasteiger partial charge in [-0.15, -0.1) is 0 Å². The van der Waals surface area contributed by atoms with Crippen LogP contribution in [0.2, 0.25) is 0 Å². The number of alkyl halides is 3. The van der Waals surface area contributed by atoms with Gasteiger partial charge in [0.1, 0.15) is 5.60 Å². The van der Waals surface area contributed by atoms with Crippen LogP contribution in [0.4, 0.5) is 18.0 Å². The number of aromatic nitrogens is 2. The van der Waals surface area contributed by atoms with Crippen LogP contribution in [-0.4, -0.2) is 56.6 Å². The second-order valence-corrected chi connectivity index (χ2v) is 8.48. The second kappa shape index (κ2) is 8.81. The molecule has 8 nitrogen and oxygen atoms in total. The number of amides is 1. The molecule has 2 unspecified atom stereocenters. The van der Waals surface area contributed by atoms with Crippen LogP contribution in [0.5, 0.6) is 0 Å². The van der Waals surface area contributed by atoms with Crippen molar-refractivity contribution in [3.8, 4) is 0 Å². The van der Waals surface area contributed by atoms with E-state index in [-0.39, 0.29) is 25.4 Å². The summed E-state index contributed by atoms with van der Waals surface area (Å²) in [6, 6.07) is 5.45. The topological polar surface area (TPSA) is 93.9 Å². The molecule has 0 saturated carbocycles. The molecular weight excluding hydrogens is 431 g/mol. The summed E-state index contributed by atoms with van der Waals surface area (Å²) in [4.78, 5) is 25.1. The fourth-order valence-electron chi connectivity index (χ4n) is 3.28. The lowest BCUT2D eigenvalue weighted by Gasteiger charge is -2.24.